The van der Waals surface area contributed by atoms with Gasteiger partial charge < -0.3 is 14.9 Å². The van der Waals surface area contributed by atoms with Crippen molar-refractivity contribution >= 4 is 11.5 Å². The van der Waals surface area contributed by atoms with Gasteiger partial charge >= 0.3 is 5.97 Å². The van der Waals surface area contributed by atoms with Crippen molar-refractivity contribution in [1.82, 2.24) is 0 Å². The molecule has 0 fully saturated rings. The fourth-order valence-corrected chi connectivity index (χ4v) is 3.21. The van der Waals surface area contributed by atoms with Crippen molar-refractivity contribution < 1.29 is 19.7 Å². The summed E-state index contributed by atoms with van der Waals surface area (Å²) in [4.78, 5) is 11.7. The van der Waals surface area contributed by atoms with Crippen LogP contribution in [0.25, 0.3) is 5.57 Å². The lowest BCUT2D eigenvalue weighted by Gasteiger charge is -2.15. The molecule has 0 saturated carbocycles. The predicted octanol–water partition coefficient (Wildman–Crippen LogP) is 4.66. The standard InChI is InChI=1S/C22H16O4/c23-20-13-19(15-9-4-5-10-16(15)20)17-11-6-12-18(22(24)25)21(17)26-14-7-2-1-3-8-14/h1-13,20,23H,(H,24,25). The van der Waals surface area contributed by atoms with Gasteiger partial charge in [-0.2, -0.15) is 0 Å². The van der Waals surface area contributed by atoms with Gasteiger partial charge in [0.05, 0.1) is 6.10 Å². The van der Waals surface area contributed by atoms with Crippen LogP contribution in [-0.2, 0) is 0 Å². The molecule has 0 heterocycles. The van der Waals surface area contributed by atoms with E-state index in [1.54, 1.807) is 24.3 Å². The second kappa shape index (κ2) is 6.50. The molecular weight excluding hydrogens is 328 g/mol. The summed E-state index contributed by atoms with van der Waals surface area (Å²) in [6.45, 7) is 0. The largest absolute Gasteiger partial charge is 0.478 e. The fraction of sp³-hybridized carbons (Fsp3) is 0.0455. The van der Waals surface area contributed by atoms with E-state index >= 15 is 0 Å². The number of hydrogen-bond donors (Lipinski definition) is 2. The Kier molecular flexibility index (Phi) is 4.03. The number of para-hydroxylation sites is 2. The summed E-state index contributed by atoms with van der Waals surface area (Å²) >= 11 is 0. The molecule has 3 aromatic rings. The number of hydrogen-bond acceptors (Lipinski definition) is 3. The zero-order valence-electron chi connectivity index (χ0n) is 13.8. The number of aliphatic hydroxyl groups is 1. The highest BCUT2D eigenvalue weighted by atomic mass is 16.5. The molecule has 0 amide bonds. The number of carboxylic acid groups (broad SMARTS) is 1. The van der Waals surface area contributed by atoms with Gasteiger partial charge in [0.15, 0.2) is 0 Å². The second-order valence-electron chi connectivity index (χ2n) is 6.01. The average molecular weight is 344 g/mol. The van der Waals surface area contributed by atoms with Crippen molar-refractivity contribution in [3.8, 4) is 11.5 Å². The molecule has 26 heavy (non-hydrogen) atoms. The third kappa shape index (κ3) is 2.76. The van der Waals surface area contributed by atoms with Crippen molar-refractivity contribution in [3.05, 3.63) is 101 Å². The van der Waals surface area contributed by atoms with Gasteiger partial charge in [-0.3, -0.25) is 0 Å². The third-order valence-corrected chi connectivity index (χ3v) is 4.39. The van der Waals surface area contributed by atoms with Gasteiger partial charge in [0, 0.05) is 5.56 Å². The van der Waals surface area contributed by atoms with Crippen LogP contribution in [0.2, 0.25) is 0 Å². The molecule has 0 aromatic heterocycles. The third-order valence-electron chi connectivity index (χ3n) is 4.39. The number of carboxylic acids is 1. The molecule has 1 aliphatic carbocycles. The minimum absolute atomic E-state index is 0.0751. The van der Waals surface area contributed by atoms with Crippen LogP contribution in [0.3, 0.4) is 0 Å². The number of aromatic carboxylic acids is 1. The number of ether oxygens (including phenoxy) is 1. The first-order valence-electron chi connectivity index (χ1n) is 8.24. The Bertz CT molecular complexity index is 1010. The molecule has 2 N–H and O–H groups in total. The molecule has 3 aromatic carbocycles. The first kappa shape index (κ1) is 16.1. The van der Waals surface area contributed by atoms with Crippen LogP contribution in [0.1, 0.15) is 33.2 Å². The highest BCUT2D eigenvalue weighted by Crippen LogP contribution is 2.43. The molecule has 1 atom stereocenters. The number of carbonyl (C=O) groups is 1. The van der Waals surface area contributed by atoms with E-state index in [0.717, 1.165) is 16.7 Å². The summed E-state index contributed by atoms with van der Waals surface area (Å²) in [5, 5.41) is 19.9. The van der Waals surface area contributed by atoms with Crippen LogP contribution in [0.5, 0.6) is 11.5 Å². The quantitative estimate of drug-likeness (QED) is 0.723. The van der Waals surface area contributed by atoms with Gasteiger partial charge in [-0.15, -0.1) is 0 Å². The van der Waals surface area contributed by atoms with Gasteiger partial charge in [-0.05, 0) is 41.0 Å². The molecule has 0 radical (unpaired) electrons. The number of benzene rings is 3. The van der Waals surface area contributed by atoms with E-state index in [9.17, 15) is 15.0 Å². The lowest BCUT2D eigenvalue weighted by molar-refractivity contribution is 0.0694. The average Bonchev–Trinajstić information content (AvgIpc) is 2.99. The van der Waals surface area contributed by atoms with Gasteiger partial charge in [-0.1, -0.05) is 54.6 Å². The minimum Gasteiger partial charge on any atom is -0.478 e. The zero-order valence-corrected chi connectivity index (χ0v) is 13.8. The van der Waals surface area contributed by atoms with Gasteiger partial charge in [-0.25, -0.2) is 4.79 Å². The smallest absolute Gasteiger partial charge is 0.339 e. The summed E-state index contributed by atoms with van der Waals surface area (Å²) < 4.78 is 5.96. The fourth-order valence-electron chi connectivity index (χ4n) is 3.21. The summed E-state index contributed by atoms with van der Waals surface area (Å²) in [5.41, 5.74) is 3.15. The Morgan fingerprint density at radius 1 is 0.846 bits per heavy atom. The summed E-state index contributed by atoms with van der Waals surface area (Å²) in [7, 11) is 0. The van der Waals surface area contributed by atoms with Crippen molar-refractivity contribution in [2.75, 3.05) is 0 Å². The van der Waals surface area contributed by atoms with E-state index < -0.39 is 12.1 Å². The Labute approximate surface area is 150 Å². The number of rotatable bonds is 4. The predicted molar refractivity (Wildman–Crippen MR) is 98.4 cm³/mol. The Morgan fingerprint density at radius 3 is 2.31 bits per heavy atom. The SMILES string of the molecule is O=C(O)c1cccc(C2=CC(O)c3ccccc32)c1Oc1ccccc1. The maximum absolute atomic E-state index is 11.7. The monoisotopic (exact) mass is 344 g/mol. The maximum atomic E-state index is 11.7. The molecule has 128 valence electrons. The van der Waals surface area contributed by atoms with E-state index in [4.69, 9.17) is 4.74 Å². The van der Waals surface area contributed by atoms with Gasteiger partial charge in [0.1, 0.15) is 17.1 Å². The molecule has 0 spiro atoms. The molecule has 1 aliphatic rings. The number of aliphatic hydroxyl groups excluding tert-OH is 1. The van der Waals surface area contributed by atoms with Crippen molar-refractivity contribution in [1.29, 1.82) is 0 Å². The molecule has 4 nitrogen and oxygen atoms in total. The van der Waals surface area contributed by atoms with Crippen LogP contribution in [0, 0.1) is 0 Å². The first-order valence-corrected chi connectivity index (χ1v) is 8.24. The molecule has 0 bridgehead atoms. The van der Waals surface area contributed by atoms with Crippen LogP contribution >= 0.6 is 0 Å². The molecule has 0 aliphatic heterocycles. The van der Waals surface area contributed by atoms with E-state index in [-0.39, 0.29) is 11.3 Å². The van der Waals surface area contributed by atoms with Crippen molar-refractivity contribution in [3.63, 3.8) is 0 Å². The van der Waals surface area contributed by atoms with E-state index in [2.05, 4.69) is 0 Å². The highest BCUT2D eigenvalue weighted by molar-refractivity contribution is 5.96. The first-order chi connectivity index (χ1) is 12.6. The summed E-state index contributed by atoms with van der Waals surface area (Å²) in [5.74, 6) is -0.249. The lowest BCUT2D eigenvalue weighted by Crippen LogP contribution is -2.03. The van der Waals surface area contributed by atoms with E-state index in [1.807, 2.05) is 48.5 Å². The van der Waals surface area contributed by atoms with Gasteiger partial charge in [0.2, 0.25) is 0 Å². The van der Waals surface area contributed by atoms with Gasteiger partial charge in [0.25, 0.3) is 0 Å². The molecule has 4 rings (SSSR count). The zero-order chi connectivity index (χ0) is 18.1. The van der Waals surface area contributed by atoms with E-state index in [1.165, 1.54) is 6.07 Å². The van der Waals surface area contributed by atoms with E-state index in [0.29, 0.717) is 11.3 Å². The topological polar surface area (TPSA) is 66.8 Å². The van der Waals surface area contributed by atoms with Crippen molar-refractivity contribution in [2.24, 2.45) is 0 Å². The summed E-state index contributed by atoms with van der Waals surface area (Å²) in [6.07, 6.45) is 1.00. The van der Waals surface area contributed by atoms with Crippen LogP contribution in [0.4, 0.5) is 0 Å². The maximum Gasteiger partial charge on any atom is 0.339 e. The molecule has 1 unspecified atom stereocenters. The van der Waals surface area contributed by atoms with Crippen LogP contribution in [-0.4, -0.2) is 16.2 Å². The highest BCUT2D eigenvalue weighted by Gasteiger charge is 2.26. The lowest BCUT2D eigenvalue weighted by atomic mass is 9.96. The molecular formula is C22H16O4. The molecule has 4 heteroatoms. The Balaban J connectivity index is 1.89. The Hall–Kier alpha value is -3.37. The summed E-state index contributed by atoms with van der Waals surface area (Å²) in [6, 6.07) is 21.6. The Morgan fingerprint density at radius 2 is 1.54 bits per heavy atom. The minimum atomic E-state index is -1.06. The normalized spacial score (nSPS) is 15.3. The van der Waals surface area contributed by atoms with Crippen LogP contribution in [0.15, 0.2) is 78.9 Å². The second-order valence-corrected chi connectivity index (χ2v) is 6.01. The van der Waals surface area contributed by atoms with Crippen LogP contribution < -0.4 is 4.74 Å². The van der Waals surface area contributed by atoms with Crippen molar-refractivity contribution in [2.45, 2.75) is 6.10 Å². The number of fused-ring (bicyclic) bond motifs is 1. The molecule has 0 saturated heterocycles.